The summed E-state index contributed by atoms with van der Waals surface area (Å²) in [5.41, 5.74) is 3.37. The molecule has 0 spiro atoms. The van der Waals surface area contributed by atoms with Crippen molar-refractivity contribution in [3.05, 3.63) is 120 Å². The molecule has 234 valence electrons. The lowest BCUT2D eigenvalue weighted by Crippen LogP contribution is -2.47. The molecule has 0 bridgehead atoms. The Morgan fingerprint density at radius 1 is 0.933 bits per heavy atom. The predicted octanol–water partition coefficient (Wildman–Crippen LogP) is 5.33. The molecule has 3 atom stereocenters. The van der Waals surface area contributed by atoms with Crippen LogP contribution in [0.5, 0.6) is 0 Å². The minimum atomic E-state index is -0.867. The van der Waals surface area contributed by atoms with Crippen LogP contribution < -0.4 is 0 Å². The zero-order chi connectivity index (χ0) is 31.8. The third-order valence-corrected chi connectivity index (χ3v) is 9.90. The molecule has 2 aliphatic rings. The number of benzene rings is 3. The fourth-order valence-electron chi connectivity index (χ4n) is 6.13. The smallest absolute Gasteiger partial charge is 0.410 e. The number of oxime groups is 1. The molecule has 3 aromatic rings. The SMILES string of the molecule is C=CCOC(=O)N1C[C@@H](SC(c2ccccc2)(c2ccccc2)c2ccccc2)C[C@H]1C(=O)N1C/C(=N\O)C(C(=O)OCC)C1. The molecule has 1 unspecified atom stereocenters. The molecule has 2 aliphatic heterocycles. The molecule has 0 aromatic heterocycles. The fraction of sp³-hybridized carbons (Fsp3) is 0.314. The number of carbonyl (C=O) groups is 3. The van der Waals surface area contributed by atoms with Gasteiger partial charge in [-0.15, -0.1) is 11.8 Å². The fourth-order valence-corrected chi connectivity index (χ4v) is 7.96. The zero-order valence-electron chi connectivity index (χ0n) is 25.2. The van der Waals surface area contributed by atoms with E-state index in [0.29, 0.717) is 6.42 Å². The van der Waals surface area contributed by atoms with Gasteiger partial charge in [0.2, 0.25) is 5.91 Å². The molecule has 5 rings (SSSR count). The van der Waals surface area contributed by atoms with Crippen molar-refractivity contribution in [2.75, 3.05) is 32.8 Å². The van der Waals surface area contributed by atoms with E-state index in [9.17, 15) is 19.6 Å². The summed E-state index contributed by atoms with van der Waals surface area (Å²) >= 11 is 1.71. The Morgan fingerprint density at radius 2 is 1.49 bits per heavy atom. The average Bonchev–Trinajstić information content (AvgIpc) is 3.72. The summed E-state index contributed by atoms with van der Waals surface area (Å²) in [6.45, 7) is 5.73. The van der Waals surface area contributed by atoms with Crippen LogP contribution in [-0.4, -0.2) is 82.8 Å². The molecule has 10 heteroatoms. The molecule has 0 aliphatic carbocycles. The third-order valence-electron chi connectivity index (χ3n) is 8.16. The van der Waals surface area contributed by atoms with Gasteiger partial charge in [-0.05, 0) is 30.0 Å². The van der Waals surface area contributed by atoms with Crippen molar-refractivity contribution < 1.29 is 29.1 Å². The van der Waals surface area contributed by atoms with Crippen LogP contribution in [-0.2, 0) is 23.8 Å². The van der Waals surface area contributed by atoms with Crippen molar-refractivity contribution in [1.29, 1.82) is 0 Å². The molecule has 0 radical (unpaired) electrons. The molecule has 1 N–H and O–H groups in total. The minimum absolute atomic E-state index is 0.00288. The average molecular weight is 628 g/mol. The van der Waals surface area contributed by atoms with Gasteiger partial charge >= 0.3 is 12.1 Å². The summed E-state index contributed by atoms with van der Waals surface area (Å²) in [4.78, 5) is 43.0. The summed E-state index contributed by atoms with van der Waals surface area (Å²) in [5.74, 6) is -1.76. The molecular formula is C35H37N3O6S. The van der Waals surface area contributed by atoms with Crippen LogP contribution in [0.4, 0.5) is 4.79 Å². The van der Waals surface area contributed by atoms with E-state index in [4.69, 9.17) is 9.47 Å². The molecule has 0 saturated carbocycles. The second kappa shape index (κ2) is 14.5. The number of nitrogens with zero attached hydrogens (tertiary/aromatic N) is 3. The summed E-state index contributed by atoms with van der Waals surface area (Å²) in [6, 6.07) is 29.9. The number of carbonyl (C=O) groups excluding carboxylic acids is 3. The van der Waals surface area contributed by atoms with Crippen molar-refractivity contribution in [2.45, 2.75) is 29.4 Å². The van der Waals surface area contributed by atoms with E-state index >= 15 is 0 Å². The van der Waals surface area contributed by atoms with Gasteiger partial charge in [-0.1, -0.05) is 109 Å². The van der Waals surface area contributed by atoms with Gasteiger partial charge in [-0.3, -0.25) is 14.5 Å². The van der Waals surface area contributed by atoms with E-state index < -0.39 is 28.8 Å². The number of thioether (sulfide) groups is 1. The van der Waals surface area contributed by atoms with E-state index in [1.54, 1.807) is 18.7 Å². The van der Waals surface area contributed by atoms with Crippen LogP contribution in [0.2, 0.25) is 0 Å². The highest BCUT2D eigenvalue weighted by Gasteiger charge is 2.49. The van der Waals surface area contributed by atoms with Gasteiger partial charge in [0.15, 0.2) is 0 Å². The Kier molecular flexibility index (Phi) is 10.2. The highest BCUT2D eigenvalue weighted by Crippen LogP contribution is 2.52. The molecule has 45 heavy (non-hydrogen) atoms. The van der Waals surface area contributed by atoms with Crippen molar-refractivity contribution >= 4 is 35.4 Å². The Balaban J connectivity index is 1.51. The first-order valence-electron chi connectivity index (χ1n) is 15.0. The van der Waals surface area contributed by atoms with Crippen molar-refractivity contribution in [2.24, 2.45) is 11.1 Å². The van der Waals surface area contributed by atoms with Gasteiger partial charge in [0.25, 0.3) is 0 Å². The Labute approximate surface area is 267 Å². The summed E-state index contributed by atoms with van der Waals surface area (Å²) in [6.07, 6.45) is 1.22. The first-order chi connectivity index (χ1) is 21.9. The number of esters is 1. The van der Waals surface area contributed by atoms with Crippen LogP contribution in [0.25, 0.3) is 0 Å². The van der Waals surface area contributed by atoms with Crippen molar-refractivity contribution in [1.82, 2.24) is 9.80 Å². The van der Waals surface area contributed by atoms with E-state index in [2.05, 4.69) is 48.1 Å². The molecule has 2 amide bonds. The number of hydrogen-bond acceptors (Lipinski definition) is 8. The lowest BCUT2D eigenvalue weighted by atomic mass is 9.84. The van der Waals surface area contributed by atoms with E-state index in [1.807, 2.05) is 54.6 Å². The third kappa shape index (κ3) is 6.61. The van der Waals surface area contributed by atoms with Crippen molar-refractivity contribution in [3.8, 4) is 0 Å². The molecule has 2 heterocycles. The maximum absolute atomic E-state index is 14.1. The lowest BCUT2D eigenvalue weighted by molar-refractivity contribution is -0.146. The largest absolute Gasteiger partial charge is 0.465 e. The first-order valence-corrected chi connectivity index (χ1v) is 15.9. The van der Waals surface area contributed by atoms with Gasteiger partial charge in [0, 0.05) is 18.3 Å². The predicted molar refractivity (Wildman–Crippen MR) is 173 cm³/mol. The summed E-state index contributed by atoms with van der Waals surface area (Å²) < 4.78 is 9.93. The molecular weight excluding hydrogens is 590 g/mol. The lowest BCUT2D eigenvalue weighted by Gasteiger charge is -2.37. The zero-order valence-corrected chi connectivity index (χ0v) is 26.0. The van der Waals surface area contributed by atoms with Crippen LogP contribution in [0.15, 0.2) is 109 Å². The van der Waals surface area contributed by atoms with Gasteiger partial charge < -0.3 is 19.6 Å². The number of likely N-dealkylation sites (tertiary alicyclic amines) is 2. The van der Waals surface area contributed by atoms with E-state index in [0.717, 1.165) is 16.7 Å². The summed E-state index contributed by atoms with van der Waals surface area (Å²) in [5, 5.41) is 12.7. The maximum Gasteiger partial charge on any atom is 0.410 e. The Hall–Kier alpha value is -4.57. The standard InChI is InChI=1S/C35H37N3O6S/c1-3-20-44-34(41)38-22-28(21-31(38)32(39)37-23-29(30(24-37)36-42)33(40)43-4-2)45-35(25-14-8-5-9-15-25,26-16-10-6-11-17-26)27-18-12-7-13-19-27/h3,5-19,28-29,31,42H,1,4,20-24H2,2H3/b36-30+/t28-,29?,31-/m0/s1. The second-order valence-electron chi connectivity index (χ2n) is 10.9. The van der Waals surface area contributed by atoms with Crippen LogP contribution in [0, 0.1) is 5.92 Å². The molecule has 9 nitrogen and oxygen atoms in total. The highest BCUT2D eigenvalue weighted by molar-refractivity contribution is 8.01. The normalized spacial score (nSPS) is 20.6. The van der Waals surface area contributed by atoms with Crippen LogP contribution >= 0.6 is 11.8 Å². The number of ether oxygens (including phenoxy) is 2. The maximum atomic E-state index is 14.1. The minimum Gasteiger partial charge on any atom is -0.465 e. The van der Waals surface area contributed by atoms with Gasteiger partial charge in [-0.25, -0.2) is 4.79 Å². The number of hydrogen-bond donors (Lipinski definition) is 1. The van der Waals surface area contributed by atoms with Crippen LogP contribution in [0.3, 0.4) is 0 Å². The summed E-state index contributed by atoms with van der Waals surface area (Å²) in [7, 11) is 0. The van der Waals surface area contributed by atoms with Gasteiger partial charge in [0.05, 0.1) is 23.6 Å². The molecule has 3 aromatic carbocycles. The van der Waals surface area contributed by atoms with Crippen molar-refractivity contribution in [3.63, 3.8) is 0 Å². The number of rotatable bonds is 10. The van der Waals surface area contributed by atoms with E-state index in [-0.39, 0.29) is 49.7 Å². The second-order valence-corrected chi connectivity index (χ2v) is 12.4. The first kappa shape index (κ1) is 31.8. The highest BCUT2D eigenvalue weighted by atomic mass is 32.2. The Morgan fingerprint density at radius 3 is 1.98 bits per heavy atom. The Bertz CT molecular complexity index is 1420. The topological polar surface area (TPSA) is 109 Å². The van der Waals surface area contributed by atoms with Crippen LogP contribution in [0.1, 0.15) is 30.0 Å². The quantitative estimate of drug-likeness (QED) is 0.106. The monoisotopic (exact) mass is 627 g/mol. The van der Waals surface area contributed by atoms with E-state index in [1.165, 1.54) is 15.9 Å². The van der Waals surface area contributed by atoms with Gasteiger partial charge in [0.1, 0.15) is 18.6 Å². The van der Waals surface area contributed by atoms with Gasteiger partial charge in [-0.2, -0.15) is 0 Å². The molecule has 2 saturated heterocycles. The molecule has 2 fully saturated rings. The number of amides is 2.